The van der Waals surface area contributed by atoms with E-state index in [2.05, 4.69) is 19.1 Å². The molecule has 0 amide bonds. The van der Waals surface area contributed by atoms with Crippen LogP contribution < -0.4 is 0 Å². The van der Waals surface area contributed by atoms with E-state index < -0.39 is 48.2 Å². The van der Waals surface area contributed by atoms with Gasteiger partial charge >= 0.3 is 11.8 Å². The van der Waals surface area contributed by atoms with E-state index in [-0.39, 0.29) is 6.42 Å². The molecule has 0 aromatic heterocycles. The maximum absolute atomic E-state index is 12.2. The van der Waals surface area contributed by atoms with Crippen LogP contribution in [-0.2, 0) is 9.53 Å². The van der Waals surface area contributed by atoms with Gasteiger partial charge in [0, 0.05) is 6.42 Å². The van der Waals surface area contributed by atoms with Crippen LogP contribution in [0.4, 0.5) is 0 Å². The Balaban J connectivity index is 4.25. The first-order chi connectivity index (χ1) is 16.6. The number of unbranched alkanes of at least 4 members (excludes halogenated alkanes) is 11. The summed E-state index contributed by atoms with van der Waals surface area (Å²) in [5, 5.41) is 68.4. The predicted molar refractivity (Wildman–Crippen MR) is 134 cm³/mol. The van der Waals surface area contributed by atoms with E-state index in [9.17, 15) is 35.4 Å². The summed E-state index contributed by atoms with van der Waals surface area (Å²) in [6.45, 7) is 2.23. The fourth-order valence-electron chi connectivity index (χ4n) is 3.62. The summed E-state index contributed by atoms with van der Waals surface area (Å²) in [5.41, 5.74) is 0. The Morgan fingerprint density at radius 1 is 0.857 bits per heavy atom. The van der Waals surface area contributed by atoms with Gasteiger partial charge < -0.3 is 40.5 Å². The molecule has 0 bridgehead atoms. The molecule has 0 saturated carbocycles. The normalized spacial score (nSPS) is 17.0. The second-order valence-corrected chi connectivity index (χ2v) is 9.12. The van der Waals surface area contributed by atoms with E-state index in [1.165, 1.54) is 38.5 Å². The lowest BCUT2D eigenvalue weighted by Crippen LogP contribution is -2.57. The van der Waals surface area contributed by atoms with Gasteiger partial charge in [0.2, 0.25) is 5.76 Å². The van der Waals surface area contributed by atoms with Crippen molar-refractivity contribution in [2.75, 3.05) is 6.61 Å². The highest BCUT2D eigenvalue weighted by molar-refractivity contribution is 5.70. The zero-order valence-corrected chi connectivity index (χ0v) is 21.4. The van der Waals surface area contributed by atoms with Crippen LogP contribution in [0.3, 0.4) is 0 Å². The Labute approximate surface area is 209 Å². The predicted octanol–water partition coefficient (Wildman–Crippen LogP) is 3.68. The van der Waals surface area contributed by atoms with Crippen LogP contribution >= 0.6 is 0 Å². The van der Waals surface area contributed by atoms with Crippen LogP contribution in [0, 0.1) is 0 Å². The molecule has 0 aliphatic rings. The second kappa shape index (κ2) is 19.5. The van der Waals surface area contributed by atoms with E-state index in [0.29, 0.717) is 6.42 Å². The van der Waals surface area contributed by atoms with Crippen molar-refractivity contribution in [3.05, 3.63) is 23.7 Å². The summed E-state index contributed by atoms with van der Waals surface area (Å²) < 4.78 is 4.79. The van der Waals surface area contributed by atoms with Gasteiger partial charge in [-0.25, -0.2) is 0 Å². The van der Waals surface area contributed by atoms with E-state index >= 15 is 0 Å². The minimum Gasteiger partial charge on any atom is -0.509 e. The molecule has 0 rings (SSSR count). The molecule has 4 atom stereocenters. The first-order valence-electron chi connectivity index (χ1n) is 12.9. The van der Waals surface area contributed by atoms with Crippen molar-refractivity contribution in [3.8, 4) is 0 Å². The summed E-state index contributed by atoms with van der Waals surface area (Å²) in [4.78, 5) is 12.2. The van der Waals surface area contributed by atoms with Crippen LogP contribution in [0.5, 0.6) is 0 Å². The zero-order chi connectivity index (χ0) is 26.7. The minimum absolute atomic E-state index is 0.121. The molecule has 9 heteroatoms. The molecule has 0 saturated heterocycles. The molecule has 206 valence electrons. The summed E-state index contributed by atoms with van der Waals surface area (Å²) >= 11 is 0. The number of ether oxygens (including phenoxy) is 1. The largest absolute Gasteiger partial charge is 0.509 e. The summed E-state index contributed by atoms with van der Waals surface area (Å²) in [7, 11) is 0. The van der Waals surface area contributed by atoms with Crippen molar-refractivity contribution >= 4 is 5.97 Å². The second-order valence-electron chi connectivity index (χ2n) is 9.12. The third-order valence-corrected chi connectivity index (χ3v) is 5.90. The van der Waals surface area contributed by atoms with E-state index in [4.69, 9.17) is 9.84 Å². The van der Waals surface area contributed by atoms with E-state index in [0.717, 1.165) is 45.4 Å². The zero-order valence-electron chi connectivity index (χ0n) is 21.4. The van der Waals surface area contributed by atoms with Gasteiger partial charge in [0.15, 0.2) is 6.10 Å². The molecule has 7 N–H and O–H groups in total. The first-order valence-corrected chi connectivity index (χ1v) is 12.9. The molecule has 0 aromatic carbocycles. The lowest BCUT2D eigenvalue weighted by molar-refractivity contribution is -0.265. The van der Waals surface area contributed by atoms with Gasteiger partial charge in [0.05, 0.1) is 6.61 Å². The highest BCUT2D eigenvalue weighted by atomic mass is 16.7. The molecular weight excluding hydrogens is 456 g/mol. The highest BCUT2D eigenvalue weighted by Gasteiger charge is 2.50. The third kappa shape index (κ3) is 13.9. The van der Waals surface area contributed by atoms with Crippen LogP contribution in [-0.4, -0.2) is 72.4 Å². The third-order valence-electron chi connectivity index (χ3n) is 5.90. The number of rotatable bonds is 21. The van der Waals surface area contributed by atoms with Crippen molar-refractivity contribution in [2.45, 2.75) is 128 Å². The fourth-order valence-corrected chi connectivity index (χ4v) is 3.62. The van der Waals surface area contributed by atoms with Crippen LogP contribution in [0.25, 0.3) is 0 Å². The van der Waals surface area contributed by atoms with Crippen LogP contribution in [0.15, 0.2) is 23.7 Å². The van der Waals surface area contributed by atoms with Gasteiger partial charge in [-0.1, -0.05) is 70.4 Å². The molecule has 0 aliphatic heterocycles. The quantitative estimate of drug-likeness (QED) is 0.0405. The average Bonchev–Trinajstić information content (AvgIpc) is 2.84. The Hall–Kier alpha value is -1.65. The molecule has 0 radical (unpaired) electrons. The van der Waals surface area contributed by atoms with Gasteiger partial charge in [0.25, 0.3) is 0 Å². The van der Waals surface area contributed by atoms with Crippen molar-refractivity contribution in [2.24, 2.45) is 0 Å². The Bertz CT molecular complexity index is 616. The van der Waals surface area contributed by atoms with Crippen LogP contribution in [0.1, 0.15) is 104 Å². The SMILES string of the molecule is CCCCCCCC/C=C\CCCCCCCC(=O)O[C@@](O)(/C(O)=C(/C)O)[C@H](O)[C@H](O)[C@@H](O)CO. The molecule has 0 aliphatic carbocycles. The number of aliphatic hydroxyl groups excluding tert-OH is 6. The van der Waals surface area contributed by atoms with E-state index in [1.54, 1.807) is 0 Å². The van der Waals surface area contributed by atoms with Gasteiger partial charge in [-0.05, 0) is 39.0 Å². The first kappa shape index (κ1) is 33.4. The molecule has 0 spiro atoms. The number of esters is 1. The lowest BCUT2D eigenvalue weighted by Gasteiger charge is -2.35. The van der Waals surface area contributed by atoms with Gasteiger partial charge in [0.1, 0.15) is 18.0 Å². The average molecular weight is 505 g/mol. The topological polar surface area (TPSA) is 168 Å². The van der Waals surface area contributed by atoms with Crippen molar-refractivity contribution in [3.63, 3.8) is 0 Å². The molecule has 35 heavy (non-hydrogen) atoms. The van der Waals surface area contributed by atoms with Crippen molar-refractivity contribution in [1.82, 2.24) is 0 Å². The highest BCUT2D eigenvalue weighted by Crippen LogP contribution is 2.27. The van der Waals surface area contributed by atoms with Gasteiger partial charge in [-0.3, -0.25) is 4.79 Å². The lowest BCUT2D eigenvalue weighted by atomic mass is 9.97. The molecule has 0 aromatic rings. The van der Waals surface area contributed by atoms with E-state index in [1.807, 2.05) is 0 Å². The fraction of sp³-hybridized carbons (Fsp3) is 0.808. The molecule has 0 heterocycles. The molecule has 0 fully saturated rings. The van der Waals surface area contributed by atoms with Crippen LogP contribution in [0.2, 0.25) is 0 Å². The van der Waals surface area contributed by atoms with Gasteiger partial charge in [-0.2, -0.15) is 0 Å². The number of carbonyl (C=O) groups excluding carboxylic acids is 1. The number of carbonyl (C=O) groups is 1. The van der Waals surface area contributed by atoms with Crippen molar-refractivity contribution < 1.29 is 45.3 Å². The Kier molecular flexibility index (Phi) is 18.6. The Morgan fingerprint density at radius 2 is 1.34 bits per heavy atom. The molecular formula is C26H48O9. The summed E-state index contributed by atoms with van der Waals surface area (Å²) in [6.07, 6.45) is 12.0. The van der Waals surface area contributed by atoms with Gasteiger partial charge in [-0.15, -0.1) is 0 Å². The monoisotopic (exact) mass is 504 g/mol. The molecule has 0 unspecified atom stereocenters. The Morgan fingerprint density at radius 3 is 1.83 bits per heavy atom. The smallest absolute Gasteiger partial charge is 0.308 e. The maximum atomic E-state index is 12.2. The summed E-state index contributed by atoms with van der Waals surface area (Å²) in [6, 6.07) is 0. The number of hydrogen-bond acceptors (Lipinski definition) is 9. The number of aliphatic hydroxyl groups is 7. The summed E-state index contributed by atoms with van der Waals surface area (Å²) in [5.74, 6) is -6.30. The standard InChI is InChI=1S/C26H48O9/c1-3-4-5-6-7-8-9-10-11-12-13-14-15-16-17-18-22(30)35-26(34,24(32)20(2)28)25(33)23(31)21(29)19-27/h10-11,21,23,25,27-29,31-34H,3-9,12-19H2,1-2H3/b11-10-,24-20+/t21-,23+,25+,26-/m0/s1. The molecule has 9 nitrogen and oxygen atoms in total. The van der Waals surface area contributed by atoms with Crippen molar-refractivity contribution in [1.29, 1.82) is 0 Å². The minimum atomic E-state index is -3.19. The maximum Gasteiger partial charge on any atom is 0.308 e. The number of allylic oxidation sites excluding steroid dienone is 3. The number of hydrogen-bond donors (Lipinski definition) is 7.